The van der Waals surface area contributed by atoms with Gasteiger partial charge in [-0.1, -0.05) is 18.2 Å². The van der Waals surface area contributed by atoms with Crippen molar-refractivity contribution in [1.82, 2.24) is 0 Å². The average molecular weight is 222 g/mol. The molecule has 0 radical (unpaired) electrons. The minimum absolute atomic E-state index is 0.303. The lowest BCUT2D eigenvalue weighted by Crippen LogP contribution is -1.86. The molecule has 2 aromatic carbocycles. The minimum Gasteiger partial charge on any atom is -0.207 e. The zero-order chi connectivity index (χ0) is 12.3. The second-order valence-corrected chi connectivity index (χ2v) is 3.49. The monoisotopic (exact) mass is 222 g/mol. The van der Waals surface area contributed by atoms with Crippen LogP contribution >= 0.6 is 0 Å². The van der Waals surface area contributed by atoms with Crippen LogP contribution in [0.4, 0.5) is 4.39 Å². The molecule has 2 rings (SSSR count). The summed E-state index contributed by atoms with van der Waals surface area (Å²) < 4.78 is 12.8. The molecule has 0 amide bonds. The second-order valence-electron chi connectivity index (χ2n) is 3.49. The molecular weight excluding hydrogens is 215 g/mol. The molecule has 0 unspecified atom stereocenters. The smallest absolute Gasteiger partial charge is 0.123 e. The summed E-state index contributed by atoms with van der Waals surface area (Å²) in [5.74, 6) is -0.303. The van der Waals surface area contributed by atoms with E-state index in [1.807, 2.05) is 12.1 Å². The SMILES string of the molecule is N#Cc1ccc(-c2ccc(F)cc2)cc1C#N. The van der Waals surface area contributed by atoms with Crippen molar-refractivity contribution in [3.63, 3.8) is 0 Å². The number of halogens is 1. The molecule has 0 bridgehead atoms. The molecule has 0 aliphatic heterocycles. The summed E-state index contributed by atoms with van der Waals surface area (Å²) in [6, 6.07) is 14.9. The van der Waals surface area contributed by atoms with Crippen LogP contribution in [0.25, 0.3) is 11.1 Å². The molecular formula is C14H7FN2. The Hall–Kier alpha value is -2.65. The molecule has 0 heterocycles. The van der Waals surface area contributed by atoms with Crippen LogP contribution in [0.15, 0.2) is 42.5 Å². The summed E-state index contributed by atoms with van der Waals surface area (Å²) in [4.78, 5) is 0. The van der Waals surface area contributed by atoms with Gasteiger partial charge in [-0.15, -0.1) is 0 Å². The van der Waals surface area contributed by atoms with Crippen molar-refractivity contribution < 1.29 is 4.39 Å². The van der Waals surface area contributed by atoms with Gasteiger partial charge in [0.25, 0.3) is 0 Å². The van der Waals surface area contributed by atoms with Crippen LogP contribution in [0, 0.1) is 28.5 Å². The van der Waals surface area contributed by atoms with Gasteiger partial charge in [0.1, 0.15) is 18.0 Å². The third kappa shape index (κ3) is 2.14. The van der Waals surface area contributed by atoms with E-state index in [-0.39, 0.29) is 5.82 Å². The molecule has 0 N–H and O–H groups in total. The predicted octanol–water partition coefficient (Wildman–Crippen LogP) is 3.24. The summed E-state index contributed by atoms with van der Waals surface area (Å²) >= 11 is 0. The fraction of sp³-hybridized carbons (Fsp3) is 0. The Bertz CT molecular complexity index is 631. The summed E-state index contributed by atoms with van der Waals surface area (Å²) in [7, 11) is 0. The third-order valence-corrected chi connectivity index (χ3v) is 2.44. The van der Waals surface area contributed by atoms with Crippen molar-refractivity contribution in [2.75, 3.05) is 0 Å². The first-order chi connectivity index (χ1) is 8.24. The van der Waals surface area contributed by atoms with Gasteiger partial charge in [0.2, 0.25) is 0 Å². The van der Waals surface area contributed by atoms with Gasteiger partial charge in [0.15, 0.2) is 0 Å². The summed E-state index contributed by atoms with van der Waals surface area (Å²) in [5.41, 5.74) is 2.28. The number of benzene rings is 2. The first kappa shape index (κ1) is 10.9. The Morgan fingerprint density at radius 1 is 0.765 bits per heavy atom. The summed E-state index contributed by atoms with van der Waals surface area (Å²) in [6.07, 6.45) is 0. The van der Waals surface area contributed by atoms with Crippen molar-refractivity contribution in [3.05, 3.63) is 59.4 Å². The molecule has 0 aliphatic carbocycles. The van der Waals surface area contributed by atoms with Gasteiger partial charge in [-0.2, -0.15) is 10.5 Å². The van der Waals surface area contributed by atoms with Crippen molar-refractivity contribution in [2.24, 2.45) is 0 Å². The quantitative estimate of drug-likeness (QED) is 0.743. The molecule has 2 aromatic rings. The maximum Gasteiger partial charge on any atom is 0.123 e. The fourth-order valence-corrected chi connectivity index (χ4v) is 1.56. The molecule has 0 spiro atoms. The van der Waals surface area contributed by atoms with Gasteiger partial charge in [-0.3, -0.25) is 0 Å². The van der Waals surface area contributed by atoms with Gasteiger partial charge in [-0.25, -0.2) is 4.39 Å². The van der Waals surface area contributed by atoms with E-state index in [0.29, 0.717) is 11.1 Å². The average Bonchev–Trinajstić information content (AvgIpc) is 2.39. The normalized spacial score (nSPS) is 9.35. The molecule has 0 saturated heterocycles. The van der Waals surface area contributed by atoms with E-state index in [1.54, 1.807) is 30.3 Å². The lowest BCUT2D eigenvalue weighted by molar-refractivity contribution is 0.628. The Morgan fingerprint density at radius 2 is 1.35 bits per heavy atom. The predicted molar refractivity (Wildman–Crippen MR) is 61.3 cm³/mol. The second kappa shape index (κ2) is 4.47. The van der Waals surface area contributed by atoms with Gasteiger partial charge < -0.3 is 0 Å². The van der Waals surface area contributed by atoms with Crippen LogP contribution in [0.2, 0.25) is 0 Å². The first-order valence-electron chi connectivity index (χ1n) is 4.95. The van der Waals surface area contributed by atoms with E-state index in [9.17, 15) is 4.39 Å². The van der Waals surface area contributed by atoms with Crippen LogP contribution < -0.4 is 0 Å². The van der Waals surface area contributed by atoms with E-state index in [0.717, 1.165) is 11.1 Å². The highest BCUT2D eigenvalue weighted by molar-refractivity contribution is 5.67. The number of rotatable bonds is 1. The highest BCUT2D eigenvalue weighted by Gasteiger charge is 2.04. The summed E-state index contributed by atoms with van der Waals surface area (Å²) in [6.45, 7) is 0. The minimum atomic E-state index is -0.303. The van der Waals surface area contributed by atoms with Crippen molar-refractivity contribution in [1.29, 1.82) is 10.5 Å². The highest BCUT2D eigenvalue weighted by atomic mass is 19.1. The molecule has 2 nitrogen and oxygen atoms in total. The number of hydrogen-bond acceptors (Lipinski definition) is 2. The van der Waals surface area contributed by atoms with Crippen LogP contribution in [0.5, 0.6) is 0 Å². The van der Waals surface area contributed by atoms with Crippen LogP contribution in [0.1, 0.15) is 11.1 Å². The lowest BCUT2D eigenvalue weighted by Gasteiger charge is -2.02. The van der Waals surface area contributed by atoms with E-state index in [2.05, 4.69) is 0 Å². The Morgan fingerprint density at radius 3 is 1.94 bits per heavy atom. The number of nitrogens with zero attached hydrogens (tertiary/aromatic N) is 2. The lowest BCUT2D eigenvalue weighted by atomic mass is 10.0. The Balaban J connectivity index is 2.52. The molecule has 0 fully saturated rings. The van der Waals surface area contributed by atoms with Crippen molar-refractivity contribution in [2.45, 2.75) is 0 Å². The van der Waals surface area contributed by atoms with Gasteiger partial charge in [0.05, 0.1) is 11.1 Å². The standard InChI is InChI=1S/C14H7FN2/c15-14-5-3-10(4-6-14)11-1-2-12(8-16)13(7-11)9-17/h1-7H. The third-order valence-electron chi connectivity index (χ3n) is 2.44. The molecule has 3 heteroatoms. The molecule has 17 heavy (non-hydrogen) atoms. The van der Waals surface area contributed by atoms with Crippen LogP contribution in [-0.2, 0) is 0 Å². The Labute approximate surface area is 98.2 Å². The largest absolute Gasteiger partial charge is 0.207 e. The van der Waals surface area contributed by atoms with E-state index < -0.39 is 0 Å². The summed E-state index contributed by atoms with van der Waals surface area (Å²) in [5, 5.41) is 17.7. The van der Waals surface area contributed by atoms with Gasteiger partial charge in [-0.05, 0) is 35.4 Å². The number of hydrogen-bond donors (Lipinski definition) is 0. The molecule has 80 valence electrons. The Kier molecular flexibility index (Phi) is 2.85. The maximum absolute atomic E-state index is 12.8. The van der Waals surface area contributed by atoms with Crippen molar-refractivity contribution >= 4 is 0 Å². The highest BCUT2D eigenvalue weighted by Crippen LogP contribution is 2.22. The topological polar surface area (TPSA) is 47.6 Å². The molecule has 0 aromatic heterocycles. The maximum atomic E-state index is 12.8. The van der Waals surface area contributed by atoms with Gasteiger partial charge in [0, 0.05) is 0 Å². The van der Waals surface area contributed by atoms with E-state index in [1.165, 1.54) is 12.1 Å². The number of nitriles is 2. The van der Waals surface area contributed by atoms with E-state index >= 15 is 0 Å². The van der Waals surface area contributed by atoms with Crippen LogP contribution in [0.3, 0.4) is 0 Å². The molecule has 0 saturated carbocycles. The first-order valence-corrected chi connectivity index (χ1v) is 4.95. The van der Waals surface area contributed by atoms with E-state index in [4.69, 9.17) is 10.5 Å². The zero-order valence-electron chi connectivity index (χ0n) is 8.81. The van der Waals surface area contributed by atoms with Crippen molar-refractivity contribution in [3.8, 4) is 23.3 Å². The van der Waals surface area contributed by atoms with Crippen LogP contribution in [-0.4, -0.2) is 0 Å². The molecule has 0 aliphatic rings. The zero-order valence-corrected chi connectivity index (χ0v) is 8.81. The molecule has 0 atom stereocenters. The fourth-order valence-electron chi connectivity index (χ4n) is 1.56. The van der Waals surface area contributed by atoms with Gasteiger partial charge >= 0.3 is 0 Å².